The summed E-state index contributed by atoms with van der Waals surface area (Å²) in [7, 11) is 0. The van der Waals surface area contributed by atoms with Crippen LogP contribution in [0.4, 0.5) is 0 Å². The summed E-state index contributed by atoms with van der Waals surface area (Å²) < 4.78 is 0. The number of aromatic hydroxyl groups is 1. The van der Waals surface area contributed by atoms with Crippen molar-refractivity contribution in [2.45, 2.75) is 46.6 Å². The first kappa shape index (κ1) is 15.8. The van der Waals surface area contributed by atoms with Crippen LogP contribution in [-0.4, -0.2) is 16.6 Å². The van der Waals surface area contributed by atoms with E-state index in [4.69, 9.17) is 11.6 Å². The molecular weight excluding hydrogens is 262 g/mol. The first-order chi connectivity index (χ1) is 8.50. The monoisotopic (exact) mass is 283 g/mol. The molecule has 0 aromatic heterocycles. The van der Waals surface area contributed by atoms with E-state index in [1.54, 1.807) is 6.07 Å². The molecule has 0 bridgehead atoms. The number of nitrogens with one attached hydrogen (secondary N) is 1. The van der Waals surface area contributed by atoms with Crippen molar-refractivity contribution in [1.82, 2.24) is 5.32 Å². The van der Waals surface area contributed by atoms with Gasteiger partial charge in [0.05, 0.1) is 5.56 Å². The normalized spacial score (nSPS) is 12.3. The van der Waals surface area contributed by atoms with Crippen LogP contribution in [0.3, 0.4) is 0 Å². The van der Waals surface area contributed by atoms with Gasteiger partial charge in [-0.15, -0.1) is 0 Å². The van der Waals surface area contributed by atoms with Gasteiger partial charge in [-0.1, -0.05) is 32.4 Å². The number of carbonyl (C=O) groups is 1. The number of benzene rings is 1. The van der Waals surface area contributed by atoms with E-state index in [9.17, 15) is 9.90 Å². The van der Waals surface area contributed by atoms with E-state index < -0.39 is 0 Å². The van der Waals surface area contributed by atoms with E-state index in [2.05, 4.69) is 26.1 Å². The molecule has 106 valence electrons. The van der Waals surface area contributed by atoms with Crippen LogP contribution in [-0.2, 0) is 0 Å². The Morgan fingerprint density at radius 3 is 2.32 bits per heavy atom. The highest BCUT2D eigenvalue weighted by Crippen LogP contribution is 2.28. The third-order valence-corrected chi connectivity index (χ3v) is 2.86. The fraction of sp³-hybridized carbons (Fsp3) is 0.533. The highest BCUT2D eigenvalue weighted by Gasteiger charge is 2.28. The van der Waals surface area contributed by atoms with Crippen molar-refractivity contribution >= 4 is 17.5 Å². The largest absolute Gasteiger partial charge is 0.507 e. The minimum atomic E-state index is -0.346. The average molecular weight is 284 g/mol. The van der Waals surface area contributed by atoms with E-state index in [1.165, 1.54) is 12.1 Å². The van der Waals surface area contributed by atoms with Crippen LogP contribution < -0.4 is 5.32 Å². The molecule has 0 aliphatic carbocycles. The molecular formula is C15H22ClNO2. The molecule has 0 atom stereocenters. The maximum Gasteiger partial charge on any atom is 0.255 e. The highest BCUT2D eigenvalue weighted by atomic mass is 35.5. The Morgan fingerprint density at radius 1 is 1.26 bits per heavy atom. The van der Waals surface area contributed by atoms with Gasteiger partial charge in [-0.25, -0.2) is 0 Å². The summed E-state index contributed by atoms with van der Waals surface area (Å²) in [6, 6.07) is 4.49. The van der Waals surface area contributed by atoms with Crippen LogP contribution in [0.15, 0.2) is 18.2 Å². The smallest absolute Gasteiger partial charge is 0.255 e. The van der Waals surface area contributed by atoms with Gasteiger partial charge in [-0.2, -0.15) is 0 Å². The minimum Gasteiger partial charge on any atom is -0.507 e. The predicted octanol–water partition coefficient (Wildman–Crippen LogP) is 3.99. The molecule has 1 aromatic carbocycles. The van der Waals surface area contributed by atoms with Gasteiger partial charge >= 0.3 is 0 Å². The molecule has 1 aromatic rings. The van der Waals surface area contributed by atoms with Crippen molar-refractivity contribution < 1.29 is 9.90 Å². The summed E-state index contributed by atoms with van der Waals surface area (Å²) in [5.41, 5.74) is 0.00614. The van der Waals surface area contributed by atoms with E-state index in [0.29, 0.717) is 5.02 Å². The Bertz CT molecular complexity index is 476. The van der Waals surface area contributed by atoms with Crippen molar-refractivity contribution in [3.05, 3.63) is 28.8 Å². The first-order valence-corrected chi connectivity index (χ1v) is 6.69. The molecule has 0 fully saturated rings. The van der Waals surface area contributed by atoms with E-state index in [0.717, 1.165) is 6.42 Å². The van der Waals surface area contributed by atoms with Crippen LogP contribution in [0.25, 0.3) is 0 Å². The Kier molecular flexibility index (Phi) is 4.51. The van der Waals surface area contributed by atoms with Gasteiger partial charge in [0.25, 0.3) is 5.91 Å². The maximum absolute atomic E-state index is 12.2. The zero-order valence-corrected chi connectivity index (χ0v) is 12.9. The SMILES string of the molecule is CC(C)(C)CC(C)(C)NC(=O)c1ccc(Cl)cc1O. The molecule has 4 heteroatoms. The fourth-order valence-corrected chi connectivity index (χ4v) is 2.61. The second-order valence-corrected chi connectivity index (χ2v) is 7.17. The van der Waals surface area contributed by atoms with Crippen molar-refractivity contribution in [3.63, 3.8) is 0 Å². The standard InChI is InChI=1S/C15H22ClNO2/c1-14(2,3)9-15(4,5)17-13(19)11-7-6-10(16)8-12(11)18/h6-8,18H,9H2,1-5H3,(H,17,19). The number of rotatable bonds is 3. The number of hydrogen-bond donors (Lipinski definition) is 2. The van der Waals surface area contributed by atoms with Crippen LogP contribution in [0.1, 0.15) is 51.4 Å². The molecule has 0 aliphatic rings. The highest BCUT2D eigenvalue weighted by molar-refractivity contribution is 6.30. The second kappa shape index (κ2) is 5.41. The molecule has 1 rings (SSSR count). The summed E-state index contributed by atoms with van der Waals surface area (Å²) >= 11 is 5.75. The number of hydrogen-bond acceptors (Lipinski definition) is 2. The van der Waals surface area contributed by atoms with E-state index in [1.807, 2.05) is 13.8 Å². The number of phenols is 1. The third-order valence-electron chi connectivity index (χ3n) is 2.63. The molecule has 0 aliphatic heterocycles. The summed E-state index contributed by atoms with van der Waals surface area (Å²) in [6.07, 6.45) is 0.833. The number of halogens is 1. The number of phenolic OH excluding ortho intramolecular Hbond substituents is 1. The summed E-state index contributed by atoms with van der Waals surface area (Å²) in [4.78, 5) is 12.2. The maximum atomic E-state index is 12.2. The van der Waals surface area contributed by atoms with Crippen LogP contribution in [0, 0.1) is 5.41 Å². The zero-order valence-electron chi connectivity index (χ0n) is 12.2. The zero-order chi connectivity index (χ0) is 14.8. The molecule has 0 spiro atoms. The van der Waals surface area contributed by atoms with Gasteiger partial charge in [0.2, 0.25) is 0 Å². The average Bonchev–Trinajstić information content (AvgIpc) is 2.11. The van der Waals surface area contributed by atoms with Crippen LogP contribution >= 0.6 is 11.6 Å². The lowest BCUT2D eigenvalue weighted by Crippen LogP contribution is -2.45. The lowest BCUT2D eigenvalue weighted by atomic mass is 9.81. The van der Waals surface area contributed by atoms with E-state index in [-0.39, 0.29) is 28.2 Å². The Hall–Kier alpha value is -1.22. The molecule has 0 radical (unpaired) electrons. The minimum absolute atomic E-state index is 0.100. The molecule has 3 nitrogen and oxygen atoms in total. The summed E-state index contributed by atoms with van der Waals surface area (Å²) in [5.74, 6) is -0.389. The Labute approximate surface area is 120 Å². The molecule has 1 amide bonds. The van der Waals surface area contributed by atoms with Gasteiger partial charge in [0.1, 0.15) is 5.75 Å². The molecule has 0 saturated carbocycles. The second-order valence-electron chi connectivity index (χ2n) is 6.74. The molecule has 0 unspecified atom stereocenters. The van der Waals surface area contributed by atoms with Gasteiger partial charge in [0, 0.05) is 10.6 Å². The van der Waals surface area contributed by atoms with E-state index >= 15 is 0 Å². The molecule has 2 N–H and O–H groups in total. The Morgan fingerprint density at radius 2 is 1.84 bits per heavy atom. The molecule has 0 saturated heterocycles. The number of carbonyl (C=O) groups excluding carboxylic acids is 1. The van der Waals surface area contributed by atoms with Gasteiger partial charge in [0.15, 0.2) is 0 Å². The van der Waals surface area contributed by atoms with Crippen molar-refractivity contribution in [2.75, 3.05) is 0 Å². The fourth-order valence-electron chi connectivity index (χ4n) is 2.44. The molecule has 19 heavy (non-hydrogen) atoms. The van der Waals surface area contributed by atoms with Crippen LogP contribution in [0.5, 0.6) is 5.75 Å². The van der Waals surface area contributed by atoms with Gasteiger partial charge < -0.3 is 10.4 Å². The summed E-state index contributed by atoms with van der Waals surface area (Å²) in [6.45, 7) is 10.3. The first-order valence-electron chi connectivity index (χ1n) is 6.31. The summed E-state index contributed by atoms with van der Waals surface area (Å²) in [5, 5.41) is 13.1. The van der Waals surface area contributed by atoms with Crippen molar-refractivity contribution in [1.29, 1.82) is 0 Å². The van der Waals surface area contributed by atoms with Crippen molar-refractivity contribution in [3.8, 4) is 5.75 Å². The predicted molar refractivity (Wildman–Crippen MR) is 78.7 cm³/mol. The lowest BCUT2D eigenvalue weighted by molar-refractivity contribution is 0.0889. The topological polar surface area (TPSA) is 49.3 Å². The number of amides is 1. The van der Waals surface area contributed by atoms with Gasteiger partial charge in [-0.3, -0.25) is 4.79 Å². The lowest BCUT2D eigenvalue weighted by Gasteiger charge is -2.33. The Balaban J connectivity index is 2.84. The third kappa shape index (κ3) is 5.11. The quantitative estimate of drug-likeness (QED) is 0.881. The van der Waals surface area contributed by atoms with Gasteiger partial charge in [-0.05, 0) is 43.9 Å². The van der Waals surface area contributed by atoms with Crippen LogP contribution in [0.2, 0.25) is 5.02 Å². The molecule has 0 heterocycles. The van der Waals surface area contributed by atoms with Crippen molar-refractivity contribution in [2.24, 2.45) is 5.41 Å².